The number of esters is 1. The van der Waals surface area contributed by atoms with Gasteiger partial charge in [-0.1, -0.05) is 18.2 Å². The van der Waals surface area contributed by atoms with Crippen LogP contribution in [0, 0.1) is 5.92 Å². The molecule has 84 valence electrons. The van der Waals surface area contributed by atoms with E-state index in [0.29, 0.717) is 25.0 Å². The van der Waals surface area contributed by atoms with Gasteiger partial charge in [-0.15, -0.1) is 0 Å². The van der Waals surface area contributed by atoms with Crippen molar-refractivity contribution in [3.63, 3.8) is 0 Å². The minimum absolute atomic E-state index is 0.222. The fourth-order valence-corrected chi connectivity index (χ4v) is 1.88. The maximum Gasteiger partial charge on any atom is 0.338 e. The van der Waals surface area contributed by atoms with E-state index in [0.717, 1.165) is 6.42 Å². The van der Waals surface area contributed by atoms with Crippen LogP contribution in [0.1, 0.15) is 29.6 Å². The third-order valence-electron chi connectivity index (χ3n) is 2.81. The lowest BCUT2D eigenvalue weighted by atomic mass is 10.1. The highest BCUT2D eigenvalue weighted by Gasteiger charge is 2.23. The summed E-state index contributed by atoms with van der Waals surface area (Å²) in [5.41, 5.74) is 0.562. The highest BCUT2D eigenvalue weighted by atomic mass is 16.5. The molecule has 3 heteroatoms. The second-order valence-electron chi connectivity index (χ2n) is 4.11. The van der Waals surface area contributed by atoms with E-state index in [1.807, 2.05) is 6.07 Å². The Kier molecular flexibility index (Phi) is 3.34. The number of hydrogen-bond acceptors (Lipinski definition) is 3. The molecule has 1 fully saturated rings. The summed E-state index contributed by atoms with van der Waals surface area (Å²) in [5.74, 6) is 0.195. The van der Waals surface area contributed by atoms with Crippen LogP contribution in [0.25, 0.3) is 0 Å². The highest BCUT2D eigenvalue weighted by Crippen LogP contribution is 2.22. The summed E-state index contributed by atoms with van der Waals surface area (Å²) in [6.45, 7) is 0.361. The van der Waals surface area contributed by atoms with Crippen LogP contribution < -0.4 is 0 Å². The lowest BCUT2D eigenvalue weighted by molar-refractivity contribution is -0.117. The SMILES string of the molecule is O=C1CC[C@H](COC(=O)c2ccccc2)C1. The Bertz CT molecular complexity index is 383. The lowest BCUT2D eigenvalue weighted by Gasteiger charge is -2.09. The number of carbonyl (C=O) groups excluding carboxylic acids is 2. The van der Waals surface area contributed by atoms with Crippen molar-refractivity contribution in [1.29, 1.82) is 0 Å². The van der Waals surface area contributed by atoms with Gasteiger partial charge in [0.05, 0.1) is 12.2 Å². The molecule has 1 aromatic rings. The monoisotopic (exact) mass is 218 g/mol. The fourth-order valence-electron chi connectivity index (χ4n) is 1.88. The van der Waals surface area contributed by atoms with E-state index < -0.39 is 0 Å². The zero-order valence-corrected chi connectivity index (χ0v) is 9.02. The van der Waals surface area contributed by atoms with Crippen molar-refractivity contribution in [2.75, 3.05) is 6.61 Å². The Morgan fingerprint density at radius 3 is 2.69 bits per heavy atom. The molecule has 0 spiro atoms. The minimum Gasteiger partial charge on any atom is -0.462 e. The van der Waals surface area contributed by atoms with Crippen molar-refractivity contribution in [2.24, 2.45) is 5.92 Å². The number of hydrogen-bond donors (Lipinski definition) is 0. The van der Waals surface area contributed by atoms with Crippen LogP contribution in [-0.4, -0.2) is 18.4 Å². The minimum atomic E-state index is -0.306. The summed E-state index contributed by atoms with van der Waals surface area (Å²) in [4.78, 5) is 22.6. The van der Waals surface area contributed by atoms with E-state index in [4.69, 9.17) is 4.74 Å². The number of ether oxygens (including phenoxy) is 1. The van der Waals surface area contributed by atoms with Crippen LogP contribution in [0.4, 0.5) is 0 Å². The molecule has 1 saturated carbocycles. The summed E-state index contributed by atoms with van der Waals surface area (Å²) >= 11 is 0. The average molecular weight is 218 g/mol. The summed E-state index contributed by atoms with van der Waals surface area (Å²) in [7, 11) is 0. The maximum absolute atomic E-state index is 11.6. The molecule has 16 heavy (non-hydrogen) atoms. The van der Waals surface area contributed by atoms with E-state index in [9.17, 15) is 9.59 Å². The van der Waals surface area contributed by atoms with Gasteiger partial charge in [0.25, 0.3) is 0 Å². The van der Waals surface area contributed by atoms with Gasteiger partial charge in [0, 0.05) is 18.8 Å². The first-order chi connectivity index (χ1) is 7.75. The van der Waals surface area contributed by atoms with Crippen LogP contribution in [0.15, 0.2) is 30.3 Å². The van der Waals surface area contributed by atoms with Crippen LogP contribution in [0.5, 0.6) is 0 Å². The Hall–Kier alpha value is -1.64. The maximum atomic E-state index is 11.6. The van der Waals surface area contributed by atoms with Gasteiger partial charge in [0.15, 0.2) is 0 Å². The van der Waals surface area contributed by atoms with E-state index in [1.54, 1.807) is 24.3 Å². The molecule has 0 radical (unpaired) electrons. The van der Waals surface area contributed by atoms with Crippen molar-refractivity contribution in [2.45, 2.75) is 19.3 Å². The van der Waals surface area contributed by atoms with Gasteiger partial charge < -0.3 is 4.74 Å². The molecule has 0 saturated heterocycles. The third kappa shape index (κ3) is 2.69. The molecule has 1 atom stereocenters. The smallest absolute Gasteiger partial charge is 0.338 e. The molecule has 0 aliphatic heterocycles. The van der Waals surface area contributed by atoms with Gasteiger partial charge in [0.1, 0.15) is 5.78 Å². The molecule has 0 aromatic heterocycles. The summed E-state index contributed by atoms with van der Waals surface area (Å²) in [6, 6.07) is 8.90. The normalized spacial score (nSPS) is 19.8. The number of ketones is 1. The summed E-state index contributed by atoms with van der Waals surface area (Å²) in [5, 5.41) is 0. The summed E-state index contributed by atoms with van der Waals surface area (Å²) < 4.78 is 5.17. The Balaban J connectivity index is 1.82. The second kappa shape index (κ2) is 4.92. The van der Waals surface area contributed by atoms with Gasteiger partial charge >= 0.3 is 5.97 Å². The standard InChI is InChI=1S/C13H14O3/c14-12-7-6-10(8-12)9-16-13(15)11-4-2-1-3-5-11/h1-5,10H,6-9H2/t10-/m0/s1. The zero-order valence-electron chi connectivity index (χ0n) is 9.02. The zero-order chi connectivity index (χ0) is 11.4. The number of benzene rings is 1. The number of carbonyl (C=O) groups is 2. The largest absolute Gasteiger partial charge is 0.462 e. The van der Waals surface area contributed by atoms with Gasteiger partial charge in [-0.2, -0.15) is 0 Å². The molecule has 0 amide bonds. The molecule has 1 aliphatic rings. The Labute approximate surface area is 94.4 Å². The third-order valence-corrected chi connectivity index (χ3v) is 2.81. The first-order valence-corrected chi connectivity index (χ1v) is 5.49. The van der Waals surface area contributed by atoms with Crippen molar-refractivity contribution in [1.82, 2.24) is 0 Å². The lowest BCUT2D eigenvalue weighted by Crippen LogP contribution is -2.12. The van der Waals surface area contributed by atoms with E-state index in [-0.39, 0.29) is 17.7 Å². The van der Waals surface area contributed by atoms with E-state index >= 15 is 0 Å². The van der Waals surface area contributed by atoms with Gasteiger partial charge in [-0.3, -0.25) is 4.79 Å². The first kappa shape index (κ1) is 10.9. The molecule has 1 aromatic carbocycles. The molecule has 0 heterocycles. The van der Waals surface area contributed by atoms with Crippen LogP contribution in [0.3, 0.4) is 0 Å². The quantitative estimate of drug-likeness (QED) is 0.730. The predicted octanol–water partition coefficient (Wildman–Crippen LogP) is 2.21. The Morgan fingerprint density at radius 1 is 1.31 bits per heavy atom. The Morgan fingerprint density at radius 2 is 2.06 bits per heavy atom. The van der Waals surface area contributed by atoms with Crippen molar-refractivity contribution in [3.05, 3.63) is 35.9 Å². The van der Waals surface area contributed by atoms with Gasteiger partial charge in [0.2, 0.25) is 0 Å². The number of rotatable bonds is 3. The predicted molar refractivity (Wildman–Crippen MR) is 59.1 cm³/mol. The van der Waals surface area contributed by atoms with Crippen molar-refractivity contribution < 1.29 is 14.3 Å². The molecular weight excluding hydrogens is 204 g/mol. The topological polar surface area (TPSA) is 43.4 Å². The number of Topliss-reactive ketones (excluding diaryl/α,β-unsaturated/α-hetero) is 1. The molecule has 1 aliphatic carbocycles. The van der Waals surface area contributed by atoms with Crippen molar-refractivity contribution >= 4 is 11.8 Å². The van der Waals surface area contributed by atoms with Crippen LogP contribution in [-0.2, 0) is 9.53 Å². The fraction of sp³-hybridized carbons (Fsp3) is 0.385. The molecular formula is C13H14O3. The first-order valence-electron chi connectivity index (χ1n) is 5.49. The van der Waals surface area contributed by atoms with E-state index in [2.05, 4.69) is 0 Å². The van der Waals surface area contributed by atoms with E-state index in [1.165, 1.54) is 0 Å². The van der Waals surface area contributed by atoms with Crippen LogP contribution >= 0.6 is 0 Å². The molecule has 0 unspecified atom stereocenters. The van der Waals surface area contributed by atoms with Crippen molar-refractivity contribution in [3.8, 4) is 0 Å². The molecule has 0 N–H and O–H groups in total. The van der Waals surface area contributed by atoms with Gasteiger partial charge in [-0.05, 0) is 18.6 Å². The molecule has 2 rings (SSSR count). The highest BCUT2D eigenvalue weighted by molar-refractivity contribution is 5.89. The molecule has 3 nitrogen and oxygen atoms in total. The van der Waals surface area contributed by atoms with Crippen LogP contribution in [0.2, 0.25) is 0 Å². The molecule has 0 bridgehead atoms. The second-order valence-corrected chi connectivity index (χ2v) is 4.11. The summed E-state index contributed by atoms with van der Waals surface area (Å²) in [6.07, 6.45) is 2.04. The average Bonchev–Trinajstić information content (AvgIpc) is 2.73. The van der Waals surface area contributed by atoms with Gasteiger partial charge in [-0.25, -0.2) is 4.79 Å².